The Morgan fingerprint density at radius 3 is 3.06 bits per heavy atom. The van der Waals surface area contributed by atoms with E-state index in [1.807, 2.05) is 18.3 Å². The lowest BCUT2D eigenvalue weighted by Gasteiger charge is -2.02. The molecular weight excluding hydrogens is 228 g/mol. The van der Waals surface area contributed by atoms with Crippen LogP contribution in [0.5, 0.6) is 0 Å². The Kier molecular flexibility index (Phi) is 4.06. The quantitative estimate of drug-likeness (QED) is 0.869. The summed E-state index contributed by atoms with van der Waals surface area (Å²) in [6.07, 6.45) is 6.26. The first-order valence-electron chi connectivity index (χ1n) is 6.00. The fourth-order valence-electron chi connectivity index (χ4n) is 1.61. The lowest BCUT2D eigenvalue weighted by atomic mass is 10.3. The van der Waals surface area contributed by atoms with Crippen molar-refractivity contribution < 1.29 is 4.79 Å². The molecule has 1 N–H and O–H groups in total. The van der Waals surface area contributed by atoms with Gasteiger partial charge in [0.25, 0.3) is 5.91 Å². The second-order valence-corrected chi connectivity index (χ2v) is 4.01. The molecule has 5 nitrogen and oxygen atoms in total. The van der Waals surface area contributed by atoms with E-state index in [-0.39, 0.29) is 5.91 Å². The summed E-state index contributed by atoms with van der Waals surface area (Å²) in [6, 6.07) is 5.49. The van der Waals surface area contributed by atoms with Crippen LogP contribution in [0, 0.1) is 0 Å². The number of carbonyl (C=O) groups excluding carboxylic acids is 1. The molecule has 0 aromatic carbocycles. The summed E-state index contributed by atoms with van der Waals surface area (Å²) in [5.41, 5.74) is 1.42. The molecule has 1 amide bonds. The third-order valence-corrected chi connectivity index (χ3v) is 2.50. The minimum atomic E-state index is -0.159. The van der Waals surface area contributed by atoms with Gasteiger partial charge in [-0.3, -0.25) is 14.5 Å². The average molecular weight is 244 g/mol. The van der Waals surface area contributed by atoms with E-state index in [1.165, 1.54) is 0 Å². The number of pyridine rings is 1. The number of rotatable bonds is 5. The molecule has 0 fully saturated rings. The first-order valence-corrected chi connectivity index (χ1v) is 6.00. The van der Waals surface area contributed by atoms with Gasteiger partial charge >= 0.3 is 0 Å². The fourth-order valence-corrected chi connectivity index (χ4v) is 1.61. The van der Waals surface area contributed by atoms with Crippen molar-refractivity contribution in [3.05, 3.63) is 48.0 Å². The SMILES string of the molecule is CCCn1ccc(C(=O)NCc2cccnc2)n1. The van der Waals surface area contributed by atoms with E-state index in [9.17, 15) is 4.79 Å². The molecular formula is C13H16N4O. The highest BCUT2D eigenvalue weighted by molar-refractivity contribution is 5.92. The summed E-state index contributed by atoms with van der Waals surface area (Å²) in [4.78, 5) is 15.8. The molecule has 94 valence electrons. The van der Waals surface area contributed by atoms with Crippen molar-refractivity contribution in [2.45, 2.75) is 26.4 Å². The van der Waals surface area contributed by atoms with Gasteiger partial charge in [-0.05, 0) is 24.1 Å². The van der Waals surface area contributed by atoms with Gasteiger partial charge in [-0.1, -0.05) is 13.0 Å². The first kappa shape index (κ1) is 12.3. The summed E-state index contributed by atoms with van der Waals surface area (Å²) >= 11 is 0. The Labute approximate surface area is 106 Å². The van der Waals surface area contributed by atoms with Crippen molar-refractivity contribution in [1.29, 1.82) is 0 Å². The van der Waals surface area contributed by atoms with Crippen molar-refractivity contribution >= 4 is 5.91 Å². The lowest BCUT2D eigenvalue weighted by Crippen LogP contribution is -2.23. The molecule has 2 heterocycles. The Morgan fingerprint density at radius 1 is 1.44 bits per heavy atom. The number of nitrogens with zero attached hydrogens (tertiary/aromatic N) is 3. The zero-order chi connectivity index (χ0) is 12.8. The van der Waals surface area contributed by atoms with Crippen molar-refractivity contribution in [3.63, 3.8) is 0 Å². The van der Waals surface area contributed by atoms with Crippen LogP contribution >= 0.6 is 0 Å². The van der Waals surface area contributed by atoms with E-state index in [2.05, 4.69) is 22.3 Å². The van der Waals surface area contributed by atoms with Gasteiger partial charge in [-0.15, -0.1) is 0 Å². The van der Waals surface area contributed by atoms with Crippen LogP contribution < -0.4 is 5.32 Å². The predicted molar refractivity (Wildman–Crippen MR) is 67.9 cm³/mol. The molecule has 0 aliphatic heterocycles. The van der Waals surface area contributed by atoms with Crippen LogP contribution in [0.2, 0.25) is 0 Å². The molecule has 5 heteroatoms. The van der Waals surface area contributed by atoms with Crippen LogP contribution in [0.1, 0.15) is 29.4 Å². The predicted octanol–water partition coefficient (Wildman–Crippen LogP) is 1.62. The minimum Gasteiger partial charge on any atom is -0.347 e. The molecule has 0 aliphatic rings. The number of hydrogen-bond acceptors (Lipinski definition) is 3. The van der Waals surface area contributed by atoms with Crippen molar-refractivity contribution in [2.75, 3.05) is 0 Å². The normalized spacial score (nSPS) is 10.3. The van der Waals surface area contributed by atoms with E-state index in [1.54, 1.807) is 23.1 Å². The van der Waals surface area contributed by atoms with Crippen LogP contribution in [0.3, 0.4) is 0 Å². The highest BCUT2D eigenvalue weighted by Gasteiger charge is 2.08. The Bertz CT molecular complexity index is 507. The number of amides is 1. The molecule has 2 aromatic heterocycles. The number of hydrogen-bond donors (Lipinski definition) is 1. The molecule has 0 unspecified atom stereocenters. The summed E-state index contributed by atoms with van der Waals surface area (Å²) in [5.74, 6) is -0.159. The highest BCUT2D eigenvalue weighted by Crippen LogP contribution is 1.99. The smallest absolute Gasteiger partial charge is 0.272 e. The minimum absolute atomic E-state index is 0.159. The maximum Gasteiger partial charge on any atom is 0.272 e. The van der Waals surface area contributed by atoms with Crippen LogP contribution in [-0.2, 0) is 13.1 Å². The van der Waals surface area contributed by atoms with Crippen LogP contribution in [0.25, 0.3) is 0 Å². The van der Waals surface area contributed by atoms with Gasteiger partial charge in [0.2, 0.25) is 0 Å². The zero-order valence-electron chi connectivity index (χ0n) is 10.3. The standard InChI is InChI=1S/C13H16N4O/c1-2-7-17-8-5-12(16-17)13(18)15-10-11-4-3-6-14-9-11/h3-6,8-9H,2,7,10H2,1H3,(H,15,18). The van der Waals surface area contributed by atoms with Crippen molar-refractivity contribution in [1.82, 2.24) is 20.1 Å². The Balaban J connectivity index is 1.91. The van der Waals surface area contributed by atoms with Crippen LogP contribution in [0.4, 0.5) is 0 Å². The van der Waals surface area contributed by atoms with Crippen molar-refractivity contribution in [2.24, 2.45) is 0 Å². The highest BCUT2D eigenvalue weighted by atomic mass is 16.1. The molecule has 0 saturated heterocycles. The summed E-state index contributed by atoms with van der Waals surface area (Å²) < 4.78 is 1.78. The number of aryl methyl sites for hydroxylation is 1. The number of aromatic nitrogens is 3. The fraction of sp³-hybridized carbons (Fsp3) is 0.308. The van der Waals surface area contributed by atoms with Crippen LogP contribution in [-0.4, -0.2) is 20.7 Å². The van der Waals surface area contributed by atoms with Gasteiger partial charge in [0.05, 0.1) is 0 Å². The lowest BCUT2D eigenvalue weighted by molar-refractivity contribution is 0.0945. The first-order chi connectivity index (χ1) is 8.79. The molecule has 0 spiro atoms. The molecule has 0 bridgehead atoms. The second-order valence-electron chi connectivity index (χ2n) is 4.01. The second kappa shape index (κ2) is 5.95. The summed E-state index contributed by atoms with van der Waals surface area (Å²) in [5, 5.41) is 7.02. The van der Waals surface area contributed by atoms with E-state index in [4.69, 9.17) is 0 Å². The number of carbonyl (C=O) groups is 1. The average Bonchev–Trinajstić information content (AvgIpc) is 2.86. The molecule has 2 rings (SSSR count). The number of nitrogens with one attached hydrogen (secondary N) is 1. The molecule has 2 aromatic rings. The van der Waals surface area contributed by atoms with E-state index >= 15 is 0 Å². The monoisotopic (exact) mass is 244 g/mol. The summed E-state index contributed by atoms with van der Waals surface area (Å²) in [7, 11) is 0. The van der Waals surface area contributed by atoms with Gasteiger partial charge < -0.3 is 5.32 Å². The molecule has 0 saturated carbocycles. The molecule has 0 atom stereocenters. The topological polar surface area (TPSA) is 59.8 Å². The van der Waals surface area contributed by atoms with E-state index < -0.39 is 0 Å². The van der Waals surface area contributed by atoms with Gasteiger partial charge in [-0.2, -0.15) is 5.10 Å². The molecule has 0 radical (unpaired) electrons. The maximum atomic E-state index is 11.8. The molecule has 18 heavy (non-hydrogen) atoms. The van der Waals surface area contributed by atoms with Gasteiger partial charge in [0.1, 0.15) is 5.69 Å². The van der Waals surface area contributed by atoms with Gasteiger partial charge in [-0.25, -0.2) is 0 Å². The maximum absolute atomic E-state index is 11.8. The Hall–Kier alpha value is -2.17. The van der Waals surface area contributed by atoms with Gasteiger partial charge in [0.15, 0.2) is 0 Å². The van der Waals surface area contributed by atoms with E-state index in [0.717, 1.165) is 18.5 Å². The zero-order valence-corrected chi connectivity index (χ0v) is 10.3. The van der Waals surface area contributed by atoms with Crippen LogP contribution in [0.15, 0.2) is 36.8 Å². The molecule has 0 aliphatic carbocycles. The summed E-state index contributed by atoms with van der Waals surface area (Å²) in [6.45, 7) is 3.37. The third kappa shape index (κ3) is 3.16. The largest absolute Gasteiger partial charge is 0.347 e. The third-order valence-electron chi connectivity index (χ3n) is 2.50. The Morgan fingerprint density at radius 2 is 2.33 bits per heavy atom. The van der Waals surface area contributed by atoms with Crippen molar-refractivity contribution in [3.8, 4) is 0 Å². The van der Waals surface area contributed by atoms with E-state index in [0.29, 0.717) is 12.2 Å². The van der Waals surface area contributed by atoms with Gasteiger partial charge in [0, 0.05) is 31.7 Å².